The van der Waals surface area contributed by atoms with Gasteiger partial charge in [0.2, 0.25) is 17.6 Å². The molecule has 118 valence electrons. The summed E-state index contributed by atoms with van der Waals surface area (Å²) in [4.78, 5) is 19.1. The number of likely N-dealkylation sites (N-methyl/N-ethyl adjacent to an activating group) is 1. The molecule has 0 saturated heterocycles. The van der Waals surface area contributed by atoms with Crippen LogP contribution < -0.4 is 0 Å². The van der Waals surface area contributed by atoms with Crippen LogP contribution in [0.25, 0.3) is 10.7 Å². The first-order valence-corrected chi connectivity index (χ1v) is 8.22. The number of halogens is 1. The summed E-state index contributed by atoms with van der Waals surface area (Å²) in [5.41, 5.74) is 0.913. The molecular formula is C16H14ClN3O2S. The van der Waals surface area contributed by atoms with Crippen LogP contribution in [0.3, 0.4) is 0 Å². The fourth-order valence-corrected chi connectivity index (χ4v) is 2.80. The highest BCUT2D eigenvalue weighted by molar-refractivity contribution is 7.13. The molecule has 1 aromatic carbocycles. The number of hydrogen-bond acceptors (Lipinski definition) is 5. The van der Waals surface area contributed by atoms with Crippen LogP contribution in [-0.2, 0) is 17.8 Å². The van der Waals surface area contributed by atoms with Crippen molar-refractivity contribution in [3.63, 3.8) is 0 Å². The molecule has 7 heteroatoms. The summed E-state index contributed by atoms with van der Waals surface area (Å²) in [5.74, 6) is 0.942. The van der Waals surface area contributed by atoms with E-state index in [-0.39, 0.29) is 12.5 Å². The lowest BCUT2D eigenvalue weighted by molar-refractivity contribution is -0.130. The van der Waals surface area contributed by atoms with E-state index in [9.17, 15) is 4.79 Å². The van der Waals surface area contributed by atoms with Gasteiger partial charge in [-0.3, -0.25) is 4.79 Å². The molecule has 1 amide bonds. The third-order valence-corrected chi connectivity index (χ3v) is 4.39. The van der Waals surface area contributed by atoms with Crippen molar-refractivity contribution in [1.29, 1.82) is 0 Å². The van der Waals surface area contributed by atoms with E-state index in [0.29, 0.717) is 23.2 Å². The van der Waals surface area contributed by atoms with Crippen LogP contribution in [0.4, 0.5) is 0 Å². The van der Waals surface area contributed by atoms with Gasteiger partial charge in [-0.05, 0) is 29.1 Å². The van der Waals surface area contributed by atoms with Crippen LogP contribution in [0.15, 0.2) is 46.3 Å². The van der Waals surface area contributed by atoms with Crippen molar-refractivity contribution >= 4 is 28.8 Å². The van der Waals surface area contributed by atoms with Crippen molar-refractivity contribution in [3.05, 3.63) is 58.3 Å². The summed E-state index contributed by atoms with van der Waals surface area (Å²) < 4.78 is 5.21. The second-order valence-corrected chi connectivity index (χ2v) is 6.43. The minimum absolute atomic E-state index is 0.0248. The van der Waals surface area contributed by atoms with E-state index in [1.807, 2.05) is 29.6 Å². The predicted molar refractivity (Wildman–Crippen MR) is 89.2 cm³/mol. The molecule has 3 aromatic rings. The van der Waals surface area contributed by atoms with Crippen molar-refractivity contribution in [2.24, 2.45) is 0 Å². The second kappa shape index (κ2) is 6.93. The Labute approximate surface area is 142 Å². The number of benzene rings is 1. The van der Waals surface area contributed by atoms with Crippen molar-refractivity contribution in [2.75, 3.05) is 7.05 Å². The fraction of sp³-hybridized carbons (Fsp3) is 0.188. The molecule has 2 aromatic heterocycles. The number of carbonyl (C=O) groups excluding carboxylic acids is 1. The van der Waals surface area contributed by atoms with Gasteiger partial charge < -0.3 is 9.42 Å². The summed E-state index contributed by atoms with van der Waals surface area (Å²) in [6.45, 7) is 0.283. The van der Waals surface area contributed by atoms with Crippen LogP contribution in [-0.4, -0.2) is 28.0 Å². The largest absolute Gasteiger partial charge is 0.337 e. The Balaban J connectivity index is 1.61. The number of aromatic nitrogens is 2. The average Bonchev–Trinajstić information content (AvgIpc) is 3.20. The van der Waals surface area contributed by atoms with Crippen LogP contribution in [0.1, 0.15) is 11.5 Å². The van der Waals surface area contributed by atoms with Crippen molar-refractivity contribution in [1.82, 2.24) is 15.0 Å². The predicted octanol–water partition coefficient (Wildman–Crippen LogP) is 3.65. The zero-order valence-corrected chi connectivity index (χ0v) is 14.0. The molecular weight excluding hydrogens is 334 g/mol. The van der Waals surface area contributed by atoms with Gasteiger partial charge in [0.05, 0.1) is 17.8 Å². The molecule has 0 spiro atoms. The zero-order valence-electron chi connectivity index (χ0n) is 12.4. The van der Waals surface area contributed by atoms with Crippen molar-refractivity contribution in [2.45, 2.75) is 13.0 Å². The minimum Gasteiger partial charge on any atom is -0.337 e. The Bertz CT molecular complexity index is 784. The Morgan fingerprint density at radius 3 is 2.78 bits per heavy atom. The van der Waals surface area contributed by atoms with Gasteiger partial charge in [-0.1, -0.05) is 35.0 Å². The first kappa shape index (κ1) is 15.7. The molecule has 0 aliphatic heterocycles. The van der Waals surface area contributed by atoms with Gasteiger partial charge in [-0.25, -0.2) is 0 Å². The van der Waals surface area contributed by atoms with E-state index in [0.717, 1.165) is 10.4 Å². The van der Waals surface area contributed by atoms with Crippen LogP contribution in [0, 0.1) is 0 Å². The molecule has 0 bridgehead atoms. The van der Waals surface area contributed by atoms with Gasteiger partial charge in [0.25, 0.3) is 0 Å². The molecule has 0 radical (unpaired) electrons. The number of carbonyl (C=O) groups is 1. The smallest absolute Gasteiger partial charge is 0.246 e. The van der Waals surface area contributed by atoms with Gasteiger partial charge >= 0.3 is 0 Å². The second-order valence-electron chi connectivity index (χ2n) is 5.04. The number of thiophene rings is 1. The molecule has 3 rings (SSSR count). The fourth-order valence-electron chi connectivity index (χ4n) is 2.03. The van der Waals surface area contributed by atoms with Crippen LogP contribution in [0.2, 0.25) is 5.02 Å². The summed E-state index contributed by atoms with van der Waals surface area (Å²) in [5, 5.41) is 6.54. The summed E-state index contributed by atoms with van der Waals surface area (Å²) >= 11 is 7.38. The zero-order chi connectivity index (χ0) is 16.2. The van der Waals surface area contributed by atoms with E-state index >= 15 is 0 Å². The van der Waals surface area contributed by atoms with Crippen molar-refractivity contribution in [3.8, 4) is 10.7 Å². The molecule has 0 N–H and O–H groups in total. The van der Waals surface area contributed by atoms with E-state index in [2.05, 4.69) is 10.1 Å². The molecule has 0 atom stereocenters. The van der Waals surface area contributed by atoms with Crippen LogP contribution in [0.5, 0.6) is 0 Å². The molecule has 5 nitrogen and oxygen atoms in total. The monoisotopic (exact) mass is 347 g/mol. The van der Waals surface area contributed by atoms with Gasteiger partial charge in [-0.15, -0.1) is 11.3 Å². The van der Waals surface area contributed by atoms with E-state index in [1.165, 1.54) is 0 Å². The Morgan fingerprint density at radius 1 is 1.30 bits per heavy atom. The third-order valence-electron chi connectivity index (χ3n) is 3.28. The van der Waals surface area contributed by atoms with E-state index < -0.39 is 0 Å². The number of hydrogen-bond donors (Lipinski definition) is 0. The Morgan fingerprint density at radius 2 is 2.09 bits per heavy atom. The first-order valence-electron chi connectivity index (χ1n) is 6.96. The molecule has 2 heterocycles. The highest BCUT2D eigenvalue weighted by atomic mass is 35.5. The summed E-state index contributed by atoms with van der Waals surface area (Å²) in [6, 6.07) is 11.1. The average molecular weight is 348 g/mol. The van der Waals surface area contributed by atoms with Gasteiger partial charge in [0.1, 0.15) is 0 Å². The molecule has 0 unspecified atom stereocenters. The number of rotatable bonds is 5. The first-order chi connectivity index (χ1) is 11.1. The molecule has 0 fully saturated rings. The SMILES string of the molecule is CN(Cc1nc(-c2cccs2)no1)C(=O)Cc1ccc(Cl)cc1. The third kappa shape index (κ3) is 3.97. The number of amides is 1. The summed E-state index contributed by atoms with van der Waals surface area (Å²) in [6.07, 6.45) is 0.305. The Kier molecular flexibility index (Phi) is 4.73. The summed E-state index contributed by atoms with van der Waals surface area (Å²) in [7, 11) is 1.72. The van der Waals surface area contributed by atoms with Gasteiger partial charge in [-0.2, -0.15) is 4.98 Å². The van der Waals surface area contributed by atoms with Crippen LogP contribution >= 0.6 is 22.9 Å². The molecule has 0 aliphatic carbocycles. The molecule has 23 heavy (non-hydrogen) atoms. The van der Waals surface area contributed by atoms with E-state index in [4.69, 9.17) is 16.1 Å². The normalized spacial score (nSPS) is 10.7. The minimum atomic E-state index is -0.0248. The lowest BCUT2D eigenvalue weighted by Crippen LogP contribution is -2.27. The van der Waals surface area contributed by atoms with Crippen molar-refractivity contribution < 1.29 is 9.32 Å². The number of nitrogens with zero attached hydrogens (tertiary/aromatic N) is 3. The topological polar surface area (TPSA) is 59.2 Å². The van der Waals surface area contributed by atoms with Gasteiger partial charge in [0, 0.05) is 12.1 Å². The lowest BCUT2D eigenvalue weighted by atomic mass is 10.1. The molecule has 0 saturated carbocycles. The quantitative estimate of drug-likeness (QED) is 0.706. The highest BCUT2D eigenvalue weighted by Crippen LogP contribution is 2.21. The molecule has 0 aliphatic rings. The lowest BCUT2D eigenvalue weighted by Gasteiger charge is -2.14. The maximum absolute atomic E-state index is 12.2. The van der Waals surface area contributed by atoms with Gasteiger partial charge in [0.15, 0.2) is 0 Å². The Hall–Kier alpha value is -2.18. The standard InChI is InChI=1S/C16H14ClN3O2S/c1-20(15(21)9-11-4-6-12(17)7-5-11)10-14-18-16(19-22-14)13-3-2-8-23-13/h2-8H,9-10H2,1H3. The maximum Gasteiger partial charge on any atom is 0.246 e. The maximum atomic E-state index is 12.2. The highest BCUT2D eigenvalue weighted by Gasteiger charge is 2.15. The van der Waals surface area contributed by atoms with E-state index in [1.54, 1.807) is 35.4 Å².